The van der Waals surface area contributed by atoms with Crippen LogP contribution in [0.5, 0.6) is 0 Å². The molecule has 1 fully saturated rings. The van der Waals surface area contributed by atoms with Crippen LogP contribution in [0.3, 0.4) is 0 Å². The van der Waals surface area contributed by atoms with E-state index in [-0.39, 0.29) is 5.91 Å². The van der Waals surface area contributed by atoms with Crippen molar-refractivity contribution in [2.45, 2.75) is 40.0 Å². The van der Waals surface area contributed by atoms with Gasteiger partial charge in [-0.05, 0) is 38.7 Å². The molecule has 0 spiro atoms. The van der Waals surface area contributed by atoms with E-state index in [0.717, 1.165) is 36.7 Å². The first-order valence-corrected chi connectivity index (χ1v) is 7.50. The van der Waals surface area contributed by atoms with E-state index < -0.39 is 0 Å². The van der Waals surface area contributed by atoms with E-state index >= 15 is 0 Å². The first-order chi connectivity index (χ1) is 8.65. The molecular weight excluding hydrogens is 244 g/mol. The van der Waals surface area contributed by atoms with E-state index in [0.29, 0.717) is 5.75 Å². The second kappa shape index (κ2) is 5.74. The summed E-state index contributed by atoms with van der Waals surface area (Å²) in [5.74, 6) is 0.682. The number of amidine groups is 1. The van der Waals surface area contributed by atoms with Crippen molar-refractivity contribution >= 4 is 22.8 Å². The third kappa shape index (κ3) is 2.53. The minimum absolute atomic E-state index is 0.162. The second-order valence-electron chi connectivity index (χ2n) is 4.72. The molecule has 1 saturated heterocycles. The summed E-state index contributed by atoms with van der Waals surface area (Å²) in [7, 11) is 0. The maximum absolute atomic E-state index is 12.1. The van der Waals surface area contributed by atoms with Crippen LogP contribution in [0.4, 0.5) is 0 Å². The summed E-state index contributed by atoms with van der Waals surface area (Å²) >= 11 is 1.56. The van der Waals surface area contributed by atoms with Crippen LogP contribution >= 0.6 is 11.8 Å². The molecule has 2 rings (SSSR count). The number of amides is 1. The predicted octanol–water partition coefficient (Wildman–Crippen LogP) is 3.34. The molecule has 0 N–H and O–H groups in total. The molecule has 0 aromatic heterocycles. The first kappa shape index (κ1) is 13.4. The van der Waals surface area contributed by atoms with Gasteiger partial charge in [0.15, 0.2) is 5.17 Å². The van der Waals surface area contributed by atoms with Gasteiger partial charge in [-0.3, -0.25) is 14.7 Å². The number of hydrogen-bond donors (Lipinski definition) is 0. The molecule has 0 bridgehead atoms. The summed E-state index contributed by atoms with van der Waals surface area (Å²) in [6, 6.07) is 0. The Kier molecular flexibility index (Phi) is 4.27. The Bertz CT molecular complexity index is 449. The number of allylic oxidation sites excluding steroid dienone is 3. The van der Waals surface area contributed by atoms with E-state index in [4.69, 9.17) is 0 Å². The van der Waals surface area contributed by atoms with Gasteiger partial charge in [0.1, 0.15) is 0 Å². The summed E-state index contributed by atoms with van der Waals surface area (Å²) in [6.07, 6.45) is 5.31. The summed E-state index contributed by atoms with van der Waals surface area (Å²) in [4.78, 5) is 18.4. The normalized spacial score (nSPS) is 23.1. The fraction of sp³-hybridized carbons (Fsp3) is 0.571. The highest BCUT2D eigenvalue weighted by atomic mass is 32.2. The lowest BCUT2D eigenvalue weighted by atomic mass is 9.96. The molecule has 2 aliphatic rings. The smallest absolute Gasteiger partial charge is 0.243 e. The minimum atomic E-state index is 0.162. The number of carbonyl (C=O) groups is 1. The fourth-order valence-corrected chi connectivity index (χ4v) is 3.06. The summed E-state index contributed by atoms with van der Waals surface area (Å²) in [5.41, 5.74) is 3.68. The Morgan fingerprint density at radius 3 is 2.94 bits per heavy atom. The number of hydrogen-bond acceptors (Lipinski definition) is 3. The Morgan fingerprint density at radius 1 is 1.44 bits per heavy atom. The van der Waals surface area contributed by atoms with Gasteiger partial charge in [-0.1, -0.05) is 30.3 Å². The molecule has 1 amide bonds. The summed E-state index contributed by atoms with van der Waals surface area (Å²) in [5, 5.41) is 0.877. The molecule has 3 nitrogen and oxygen atoms in total. The van der Waals surface area contributed by atoms with Crippen LogP contribution < -0.4 is 0 Å². The Labute approximate surface area is 113 Å². The zero-order chi connectivity index (χ0) is 13.1. The van der Waals surface area contributed by atoms with Gasteiger partial charge in [-0.15, -0.1) is 0 Å². The predicted molar refractivity (Wildman–Crippen MR) is 77.6 cm³/mol. The number of carbonyl (C=O) groups excluding carboxylic acids is 1. The monoisotopic (exact) mass is 264 g/mol. The van der Waals surface area contributed by atoms with Crippen LogP contribution in [-0.4, -0.2) is 28.3 Å². The number of thioether (sulfide) groups is 1. The van der Waals surface area contributed by atoms with Gasteiger partial charge in [0.05, 0.1) is 5.75 Å². The topological polar surface area (TPSA) is 32.7 Å². The van der Waals surface area contributed by atoms with Crippen LogP contribution in [-0.2, 0) is 4.79 Å². The number of rotatable bonds is 3. The largest absolute Gasteiger partial charge is 0.273 e. The van der Waals surface area contributed by atoms with Crippen LogP contribution in [0.25, 0.3) is 0 Å². The van der Waals surface area contributed by atoms with Crippen molar-refractivity contribution in [1.29, 1.82) is 0 Å². The zero-order valence-electron chi connectivity index (χ0n) is 11.3. The van der Waals surface area contributed by atoms with Crippen molar-refractivity contribution < 1.29 is 4.79 Å². The molecule has 0 radical (unpaired) electrons. The lowest BCUT2D eigenvalue weighted by Crippen LogP contribution is -2.30. The molecule has 1 aliphatic carbocycles. The second-order valence-corrected chi connectivity index (χ2v) is 5.66. The molecule has 0 saturated carbocycles. The lowest BCUT2D eigenvalue weighted by Gasteiger charge is -2.25. The Balaban J connectivity index is 2.30. The van der Waals surface area contributed by atoms with Crippen molar-refractivity contribution in [2.24, 2.45) is 4.99 Å². The van der Waals surface area contributed by atoms with E-state index in [1.54, 1.807) is 11.8 Å². The van der Waals surface area contributed by atoms with Gasteiger partial charge in [-0.2, -0.15) is 0 Å². The molecule has 4 heteroatoms. The third-order valence-electron chi connectivity index (χ3n) is 3.36. The molecule has 18 heavy (non-hydrogen) atoms. The van der Waals surface area contributed by atoms with Crippen LogP contribution in [0.2, 0.25) is 0 Å². The standard InChI is InChI=1S/C14H20N2OS/c1-4-8-15-14-16(13(17)9-18-14)12-7-5-6-10(2)11(12)3/h7H,4-6,8-9H2,1-3H3. The third-order valence-corrected chi connectivity index (χ3v) is 4.32. The van der Waals surface area contributed by atoms with Crippen LogP contribution in [0.15, 0.2) is 27.9 Å². The maximum atomic E-state index is 12.1. The van der Waals surface area contributed by atoms with Gasteiger partial charge in [0.25, 0.3) is 0 Å². The molecule has 98 valence electrons. The van der Waals surface area contributed by atoms with Crippen molar-refractivity contribution in [1.82, 2.24) is 4.90 Å². The van der Waals surface area contributed by atoms with Gasteiger partial charge < -0.3 is 0 Å². The lowest BCUT2D eigenvalue weighted by molar-refractivity contribution is -0.122. The molecule has 0 unspecified atom stereocenters. The van der Waals surface area contributed by atoms with Gasteiger partial charge in [0, 0.05) is 12.2 Å². The molecule has 0 atom stereocenters. The SMILES string of the molecule is CCCN=C1SCC(=O)N1C1=CCCC(C)=C1C. The van der Waals surface area contributed by atoms with Crippen molar-refractivity contribution in [2.75, 3.05) is 12.3 Å². The van der Waals surface area contributed by atoms with Crippen LogP contribution in [0.1, 0.15) is 40.0 Å². The molecule has 1 heterocycles. The summed E-state index contributed by atoms with van der Waals surface area (Å²) < 4.78 is 0. The quantitative estimate of drug-likeness (QED) is 0.783. The average Bonchev–Trinajstić information content (AvgIpc) is 2.72. The van der Waals surface area contributed by atoms with E-state index in [1.165, 1.54) is 11.1 Å². The molecule has 0 aromatic rings. The fourth-order valence-electron chi connectivity index (χ4n) is 2.17. The van der Waals surface area contributed by atoms with Gasteiger partial charge >= 0.3 is 0 Å². The molecule has 1 aliphatic heterocycles. The molecule has 0 aromatic carbocycles. The highest BCUT2D eigenvalue weighted by Gasteiger charge is 2.32. The average molecular weight is 264 g/mol. The maximum Gasteiger partial charge on any atom is 0.243 e. The van der Waals surface area contributed by atoms with Gasteiger partial charge in [-0.25, -0.2) is 0 Å². The Morgan fingerprint density at radius 2 is 2.22 bits per heavy atom. The van der Waals surface area contributed by atoms with Crippen molar-refractivity contribution in [3.8, 4) is 0 Å². The van der Waals surface area contributed by atoms with Gasteiger partial charge in [0.2, 0.25) is 5.91 Å². The molecular formula is C14H20N2OS. The highest BCUT2D eigenvalue weighted by molar-refractivity contribution is 8.15. The zero-order valence-corrected chi connectivity index (χ0v) is 12.1. The van der Waals surface area contributed by atoms with Crippen molar-refractivity contribution in [3.05, 3.63) is 22.9 Å². The van der Waals surface area contributed by atoms with E-state index in [2.05, 4.69) is 31.8 Å². The summed E-state index contributed by atoms with van der Waals surface area (Å²) in [6.45, 7) is 7.15. The Hall–Kier alpha value is -1.03. The van der Waals surface area contributed by atoms with E-state index in [1.807, 2.05) is 4.90 Å². The van der Waals surface area contributed by atoms with Crippen LogP contribution in [0, 0.1) is 0 Å². The van der Waals surface area contributed by atoms with Crippen molar-refractivity contribution in [3.63, 3.8) is 0 Å². The number of aliphatic imine (C=N–C) groups is 1. The highest BCUT2D eigenvalue weighted by Crippen LogP contribution is 2.32. The first-order valence-electron chi connectivity index (χ1n) is 6.52. The minimum Gasteiger partial charge on any atom is -0.273 e. The number of nitrogens with zero attached hydrogens (tertiary/aromatic N) is 2. The van der Waals surface area contributed by atoms with E-state index in [9.17, 15) is 4.79 Å².